The Morgan fingerprint density at radius 1 is 1.00 bits per heavy atom. The van der Waals surface area contributed by atoms with Crippen LogP contribution in [0.2, 0.25) is 0 Å². The molecule has 0 radical (unpaired) electrons. The lowest BCUT2D eigenvalue weighted by Gasteiger charge is -2.10. The van der Waals surface area contributed by atoms with Gasteiger partial charge in [-0.2, -0.15) is 0 Å². The average molecular weight is 330 g/mol. The van der Waals surface area contributed by atoms with E-state index in [0.717, 1.165) is 5.56 Å². The number of rotatable bonds is 6. The molecule has 0 fully saturated rings. The quantitative estimate of drug-likeness (QED) is 0.671. The maximum atomic E-state index is 12.6. The van der Waals surface area contributed by atoms with Crippen LogP contribution in [0.4, 0.5) is 11.5 Å². The predicted octanol–water partition coefficient (Wildman–Crippen LogP) is 3.99. The lowest BCUT2D eigenvalue weighted by atomic mass is 10.2. The van der Waals surface area contributed by atoms with Crippen molar-refractivity contribution in [3.8, 4) is 11.4 Å². The minimum atomic E-state index is -0.285. The molecule has 5 nitrogen and oxygen atoms in total. The van der Waals surface area contributed by atoms with E-state index in [1.165, 1.54) is 0 Å². The summed E-state index contributed by atoms with van der Waals surface area (Å²) in [4.78, 5) is 21.5. The molecule has 3 aromatic rings. The van der Waals surface area contributed by atoms with Crippen LogP contribution in [0.1, 0.15) is 10.5 Å². The van der Waals surface area contributed by atoms with E-state index in [2.05, 4.69) is 27.2 Å². The van der Waals surface area contributed by atoms with Gasteiger partial charge in [0.15, 0.2) is 5.82 Å². The number of nitrogens with zero attached hydrogens (tertiary/aromatic N) is 2. The molecular formula is C20H18N4O. The van der Waals surface area contributed by atoms with Crippen LogP contribution in [0.3, 0.4) is 0 Å². The highest BCUT2D eigenvalue weighted by Gasteiger charge is 2.13. The summed E-state index contributed by atoms with van der Waals surface area (Å²) in [5, 5.41) is 5.96. The van der Waals surface area contributed by atoms with Crippen molar-refractivity contribution in [1.29, 1.82) is 0 Å². The highest BCUT2D eigenvalue weighted by atomic mass is 16.1. The van der Waals surface area contributed by atoms with Crippen molar-refractivity contribution in [1.82, 2.24) is 9.97 Å². The lowest BCUT2D eigenvalue weighted by molar-refractivity contribution is 0.102. The second-order valence-corrected chi connectivity index (χ2v) is 5.32. The van der Waals surface area contributed by atoms with Gasteiger partial charge in [-0.3, -0.25) is 4.79 Å². The van der Waals surface area contributed by atoms with Gasteiger partial charge in [0.05, 0.1) is 0 Å². The van der Waals surface area contributed by atoms with Crippen LogP contribution in [0, 0.1) is 0 Å². The molecule has 2 N–H and O–H groups in total. The summed E-state index contributed by atoms with van der Waals surface area (Å²) in [5.74, 6) is 0.785. The maximum absolute atomic E-state index is 12.6. The van der Waals surface area contributed by atoms with Gasteiger partial charge >= 0.3 is 0 Å². The molecule has 124 valence electrons. The first kappa shape index (κ1) is 16.4. The third-order valence-corrected chi connectivity index (χ3v) is 3.45. The minimum Gasteiger partial charge on any atom is -0.366 e. The first-order valence-corrected chi connectivity index (χ1v) is 7.92. The van der Waals surface area contributed by atoms with E-state index in [1.54, 1.807) is 12.1 Å². The largest absolute Gasteiger partial charge is 0.366 e. The first-order chi connectivity index (χ1) is 12.3. The van der Waals surface area contributed by atoms with Gasteiger partial charge in [0.1, 0.15) is 11.5 Å². The Kier molecular flexibility index (Phi) is 5.16. The molecule has 0 aliphatic heterocycles. The standard InChI is InChI=1S/C20H18N4O/c1-2-13-21-18-14-17(20(25)22-16-11-7-4-8-12-16)23-19(24-18)15-9-5-3-6-10-15/h2-12,14H,1,13H2,(H,22,25)(H,21,23,24). The van der Waals surface area contributed by atoms with Gasteiger partial charge in [-0.05, 0) is 12.1 Å². The SMILES string of the molecule is C=CCNc1cc(C(=O)Nc2ccccc2)nc(-c2ccccc2)n1. The molecule has 0 atom stereocenters. The van der Waals surface area contributed by atoms with E-state index in [9.17, 15) is 4.79 Å². The van der Waals surface area contributed by atoms with Gasteiger partial charge in [0.25, 0.3) is 5.91 Å². The Bertz CT molecular complexity index is 863. The molecule has 0 saturated carbocycles. The van der Waals surface area contributed by atoms with Gasteiger partial charge in [-0.1, -0.05) is 54.6 Å². The van der Waals surface area contributed by atoms with Crippen LogP contribution < -0.4 is 10.6 Å². The molecule has 3 rings (SSSR count). The summed E-state index contributed by atoms with van der Waals surface area (Å²) < 4.78 is 0. The number of anilines is 2. The van der Waals surface area contributed by atoms with E-state index in [-0.39, 0.29) is 5.91 Å². The highest BCUT2D eigenvalue weighted by Crippen LogP contribution is 2.18. The Hall–Kier alpha value is -3.47. The highest BCUT2D eigenvalue weighted by molar-refractivity contribution is 6.03. The molecule has 0 spiro atoms. The van der Waals surface area contributed by atoms with Crippen LogP contribution in [0.5, 0.6) is 0 Å². The molecule has 2 aromatic carbocycles. The second-order valence-electron chi connectivity index (χ2n) is 5.32. The van der Waals surface area contributed by atoms with Gasteiger partial charge in [-0.15, -0.1) is 6.58 Å². The van der Waals surface area contributed by atoms with E-state index >= 15 is 0 Å². The number of carbonyl (C=O) groups excluding carboxylic acids is 1. The fourth-order valence-electron chi connectivity index (χ4n) is 2.26. The molecule has 0 bridgehead atoms. The molecule has 0 saturated heterocycles. The van der Waals surface area contributed by atoms with Crippen molar-refractivity contribution in [2.45, 2.75) is 0 Å². The summed E-state index contributed by atoms with van der Waals surface area (Å²) in [6.45, 7) is 4.23. The second kappa shape index (κ2) is 7.88. The van der Waals surface area contributed by atoms with Crippen molar-refractivity contribution in [3.63, 3.8) is 0 Å². The summed E-state index contributed by atoms with van der Waals surface area (Å²) >= 11 is 0. The zero-order chi connectivity index (χ0) is 17.5. The molecule has 0 aliphatic carbocycles. The Morgan fingerprint density at radius 2 is 1.68 bits per heavy atom. The number of benzene rings is 2. The maximum Gasteiger partial charge on any atom is 0.274 e. The Labute approximate surface area is 146 Å². The van der Waals surface area contributed by atoms with Crippen LogP contribution in [0.15, 0.2) is 79.4 Å². The molecule has 1 heterocycles. The number of hydrogen-bond acceptors (Lipinski definition) is 4. The van der Waals surface area contributed by atoms with E-state index < -0.39 is 0 Å². The van der Waals surface area contributed by atoms with Crippen LogP contribution in [0.25, 0.3) is 11.4 Å². The monoisotopic (exact) mass is 330 g/mol. The van der Waals surface area contributed by atoms with E-state index in [1.807, 2.05) is 60.7 Å². The average Bonchev–Trinajstić information content (AvgIpc) is 2.67. The number of para-hydroxylation sites is 1. The van der Waals surface area contributed by atoms with Gasteiger partial charge in [-0.25, -0.2) is 9.97 Å². The van der Waals surface area contributed by atoms with Gasteiger partial charge in [0, 0.05) is 23.9 Å². The predicted molar refractivity (Wildman–Crippen MR) is 101 cm³/mol. The van der Waals surface area contributed by atoms with Crippen molar-refractivity contribution < 1.29 is 4.79 Å². The Morgan fingerprint density at radius 3 is 2.36 bits per heavy atom. The fourth-order valence-corrected chi connectivity index (χ4v) is 2.26. The van der Waals surface area contributed by atoms with Crippen molar-refractivity contribution in [2.75, 3.05) is 17.2 Å². The molecule has 0 unspecified atom stereocenters. The number of carbonyl (C=O) groups is 1. The first-order valence-electron chi connectivity index (χ1n) is 7.92. The third kappa shape index (κ3) is 4.29. The number of nitrogens with one attached hydrogen (secondary N) is 2. The van der Waals surface area contributed by atoms with Crippen molar-refractivity contribution in [3.05, 3.63) is 85.1 Å². The summed E-state index contributed by atoms with van der Waals surface area (Å²) in [7, 11) is 0. The van der Waals surface area contributed by atoms with Crippen LogP contribution >= 0.6 is 0 Å². The summed E-state index contributed by atoms with van der Waals surface area (Å²) in [6.07, 6.45) is 1.73. The molecule has 1 aromatic heterocycles. The smallest absolute Gasteiger partial charge is 0.274 e. The Balaban J connectivity index is 1.94. The number of aromatic nitrogens is 2. The fraction of sp³-hybridized carbons (Fsp3) is 0.0500. The third-order valence-electron chi connectivity index (χ3n) is 3.45. The van der Waals surface area contributed by atoms with E-state index in [0.29, 0.717) is 29.6 Å². The molecule has 25 heavy (non-hydrogen) atoms. The molecule has 1 amide bonds. The normalized spacial score (nSPS) is 10.1. The van der Waals surface area contributed by atoms with Crippen LogP contribution in [-0.4, -0.2) is 22.4 Å². The minimum absolute atomic E-state index is 0.285. The summed E-state index contributed by atoms with van der Waals surface area (Å²) in [5.41, 5.74) is 1.86. The zero-order valence-electron chi connectivity index (χ0n) is 13.6. The molecular weight excluding hydrogens is 312 g/mol. The van der Waals surface area contributed by atoms with E-state index in [4.69, 9.17) is 0 Å². The van der Waals surface area contributed by atoms with Gasteiger partial charge in [0.2, 0.25) is 0 Å². The summed E-state index contributed by atoms with van der Waals surface area (Å²) in [6, 6.07) is 20.5. The van der Waals surface area contributed by atoms with Crippen LogP contribution in [-0.2, 0) is 0 Å². The van der Waals surface area contributed by atoms with Crippen molar-refractivity contribution in [2.24, 2.45) is 0 Å². The molecule has 0 aliphatic rings. The van der Waals surface area contributed by atoms with Crippen molar-refractivity contribution >= 4 is 17.4 Å². The number of hydrogen-bond donors (Lipinski definition) is 2. The van der Waals surface area contributed by atoms with Gasteiger partial charge < -0.3 is 10.6 Å². The lowest BCUT2D eigenvalue weighted by Crippen LogP contribution is -2.15. The number of amides is 1. The zero-order valence-corrected chi connectivity index (χ0v) is 13.6. The topological polar surface area (TPSA) is 66.9 Å². The molecule has 5 heteroatoms.